The van der Waals surface area contributed by atoms with Crippen molar-refractivity contribution in [2.75, 3.05) is 7.11 Å². The van der Waals surface area contributed by atoms with Crippen LogP contribution in [0.2, 0.25) is 0 Å². The van der Waals surface area contributed by atoms with E-state index < -0.39 is 0 Å². The summed E-state index contributed by atoms with van der Waals surface area (Å²) in [5, 5.41) is 2.95. The molecule has 3 N–H and O–H groups in total. The van der Waals surface area contributed by atoms with Gasteiger partial charge in [-0.3, -0.25) is 4.79 Å². The predicted octanol–water partition coefficient (Wildman–Crippen LogP) is 0.653. The second-order valence-electron chi connectivity index (χ2n) is 4.45. The molecule has 0 aliphatic heterocycles. The number of rotatable bonds is 5. The lowest BCUT2D eigenvalue weighted by atomic mass is 9.88. The molecule has 4 heteroatoms. The molecule has 1 amide bonds. The van der Waals surface area contributed by atoms with Gasteiger partial charge in [-0.2, -0.15) is 0 Å². The van der Waals surface area contributed by atoms with Gasteiger partial charge in [-0.15, -0.1) is 0 Å². The Morgan fingerprint density at radius 3 is 2.67 bits per heavy atom. The molecule has 0 heterocycles. The van der Waals surface area contributed by atoms with Gasteiger partial charge in [0.05, 0.1) is 12.1 Å². The Kier molecular flexibility index (Phi) is 4.54. The molecule has 2 atom stereocenters. The van der Waals surface area contributed by atoms with Gasteiger partial charge in [0, 0.05) is 13.2 Å². The van der Waals surface area contributed by atoms with E-state index in [0.717, 1.165) is 19.3 Å². The van der Waals surface area contributed by atoms with Crippen LogP contribution >= 0.6 is 0 Å². The molecule has 15 heavy (non-hydrogen) atoms. The largest absolute Gasteiger partial charge is 0.381 e. The Labute approximate surface area is 91.5 Å². The van der Waals surface area contributed by atoms with Crippen LogP contribution in [0.4, 0.5) is 0 Å². The first-order valence-electron chi connectivity index (χ1n) is 5.67. The third-order valence-corrected chi connectivity index (χ3v) is 3.33. The molecule has 0 spiro atoms. The first-order valence-corrected chi connectivity index (χ1v) is 5.67. The van der Waals surface area contributed by atoms with Gasteiger partial charge in [-0.05, 0) is 18.8 Å². The van der Waals surface area contributed by atoms with Crippen LogP contribution in [0.1, 0.15) is 33.1 Å². The van der Waals surface area contributed by atoms with Gasteiger partial charge in [0.1, 0.15) is 0 Å². The van der Waals surface area contributed by atoms with Crippen LogP contribution in [-0.2, 0) is 9.53 Å². The number of nitrogens with one attached hydrogen (secondary N) is 1. The molecule has 0 radical (unpaired) electrons. The lowest BCUT2D eigenvalue weighted by Crippen LogP contribution is -2.53. The van der Waals surface area contributed by atoms with Gasteiger partial charge in [-0.1, -0.05) is 20.3 Å². The summed E-state index contributed by atoms with van der Waals surface area (Å²) in [7, 11) is 1.70. The average molecular weight is 214 g/mol. The first kappa shape index (κ1) is 12.5. The molecule has 1 rings (SSSR count). The number of amides is 1. The van der Waals surface area contributed by atoms with E-state index in [-0.39, 0.29) is 23.9 Å². The van der Waals surface area contributed by atoms with Crippen molar-refractivity contribution in [3.8, 4) is 0 Å². The van der Waals surface area contributed by atoms with Crippen molar-refractivity contribution in [3.05, 3.63) is 0 Å². The summed E-state index contributed by atoms with van der Waals surface area (Å²) in [6.07, 6.45) is 3.07. The molecule has 0 bridgehead atoms. The van der Waals surface area contributed by atoms with Crippen molar-refractivity contribution < 1.29 is 9.53 Å². The van der Waals surface area contributed by atoms with E-state index in [0.29, 0.717) is 6.10 Å². The summed E-state index contributed by atoms with van der Waals surface area (Å²) in [5.74, 6) is 0.215. The van der Waals surface area contributed by atoms with Gasteiger partial charge in [0.25, 0.3) is 0 Å². The molecule has 1 unspecified atom stereocenters. The third kappa shape index (κ3) is 3.18. The van der Waals surface area contributed by atoms with Crippen molar-refractivity contribution in [1.82, 2.24) is 5.32 Å². The zero-order valence-corrected chi connectivity index (χ0v) is 9.82. The Morgan fingerprint density at radius 1 is 1.60 bits per heavy atom. The summed E-state index contributed by atoms with van der Waals surface area (Å²) < 4.78 is 5.14. The molecule has 4 nitrogen and oxygen atoms in total. The zero-order valence-electron chi connectivity index (χ0n) is 9.82. The molecule has 1 saturated carbocycles. The van der Waals surface area contributed by atoms with E-state index in [9.17, 15) is 4.79 Å². The van der Waals surface area contributed by atoms with Crippen molar-refractivity contribution in [2.24, 2.45) is 11.7 Å². The van der Waals surface area contributed by atoms with Crippen LogP contribution in [0.25, 0.3) is 0 Å². The Morgan fingerprint density at radius 2 is 2.20 bits per heavy atom. The molecular formula is C11H22N2O2. The summed E-state index contributed by atoms with van der Waals surface area (Å²) >= 11 is 0. The zero-order chi connectivity index (χ0) is 11.4. The predicted molar refractivity (Wildman–Crippen MR) is 59.4 cm³/mol. The number of carbonyl (C=O) groups is 1. The van der Waals surface area contributed by atoms with Crippen molar-refractivity contribution in [3.63, 3.8) is 0 Å². The molecule has 1 aliphatic carbocycles. The number of hydrogen-bond donors (Lipinski definition) is 2. The van der Waals surface area contributed by atoms with Crippen molar-refractivity contribution in [2.45, 2.75) is 51.3 Å². The quantitative estimate of drug-likeness (QED) is 0.706. The van der Waals surface area contributed by atoms with Crippen LogP contribution in [-0.4, -0.2) is 31.2 Å². The van der Waals surface area contributed by atoms with Gasteiger partial charge in [0.2, 0.25) is 5.91 Å². The maximum Gasteiger partial charge on any atom is 0.237 e. The second kappa shape index (κ2) is 5.47. The fourth-order valence-corrected chi connectivity index (χ4v) is 1.69. The van der Waals surface area contributed by atoms with Crippen LogP contribution in [0.15, 0.2) is 0 Å². The van der Waals surface area contributed by atoms with Crippen LogP contribution in [0.5, 0.6) is 0 Å². The highest BCUT2D eigenvalue weighted by molar-refractivity contribution is 5.82. The molecule has 0 aromatic carbocycles. The lowest BCUT2D eigenvalue weighted by Gasteiger charge is -2.35. The number of methoxy groups -OCH3 is 1. The van der Waals surface area contributed by atoms with Gasteiger partial charge < -0.3 is 15.8 Å². The van der Waals surface area contributed by atoms with Gasteiger partial charge >= 0.3 is 0 Å². The number of nitrogens with two attached hydrogens (primary N) is 1. The van der Waals surface area contributed by atoms with E-state index >= 15 is 0 Å². The Balaban J connectivity index is 2.25. The minimum atomic E-state index is -0.378. The highest BCUT2D eigenvalue weighted by Gasteiger charge is 2.31. The van der Waals surface area contributed by atoms with E-state index in [4.69, 9.17) is 10.5 Å². The highest BCUT2D eigenvalue weighted by Crippen LogP contribution is 2.22. The standard InChI is InChI=1S/C11H22N2O2/c1-4-7(2)10(12)11(14)13-8-5-9(6-8)15-3/h7-10H,4-6,12H2,1-3H3,(H,13,14)/t7?,8?,9?,10-/m0/s1. The van der Waals surface area contributed by atoms with Crippen molar-refractivity contribution >= 4 is 5.91 Å². The summed E-state index contributed by atoms with van der Waals surface area (Å²) in [6, 6.07) is -0.117. The van der Waals surface area contributed by atoms with Gasteiger partial charge in [-0.25, -0.2) is 0 Å². The molecular weight excluding hydrogens is 192 g/mol. The number of carbonyl (C=O) groups excluding carboxylic acids is 1. The minimum absolute atomic E-state index is 0.0242. The smallest absolute Gasteiger partial charge is 0.237 e. The Hall–Kier alpha value is -0.610. The molecule has 0 saturated heterocycles. The maximum atomic E-state index is 11.7. The van der Waals surface area contributed by atoms with E-state index in [1.54, 1.807) is 7.11 Å². The van der Waals surface area contributed by atoms with E-state index in [1.165, 1.54) is 0 Å². The van der Waals surface area contributed by atoms with Gasteiger partial charge in [0.15, 0.2) is 0 Å². The third-order valence-electron chi connectivity index (χ3n) is 3.33. The van der Waals surface area contributed by atoms with E-state index in [1.807, 2.05) is 13.8 Å². The highest BCUT2D eigenvalue weighted by atomic mass is 16.5. The summed E-state index contributed by atoms with van der Waals surface area (Å²) in [6.45, 7) is 4.05. The normalized spacial score (nSPS) is 29.1. The van der Waals surface area contributed by atoms with E-state index in [2.05, 4.69) is 5.32 Å². The monoisotopic (exact) mass is 214 g/mol. The molecule has 0 aromatic heterocycles. The fourth-order valence-electron chi connectivity index (χ4n) is 1.69. The fraction of sp³-hybridized carbons (Fsp3) is 0.909. The SMILES string of the molecule is CCC(C)[C@H](N)C(=O)NC1CC(OC)C1. The molecule has 1 fully saturated rings. The average Bonchev–Trinajstić information content (AvgIpc) is 2.19. The summed E-state index contributed by atoms with van der Waals surface area (Å²) in [5.41, 5.74) is 5.82. The van der Waals surface area contributed by atoms with Crippen LogP contribution < -0.4 is 11.1 Å². The first-order chi connectivity index (χ1) is 7.08. The lowest BCUT2D eigenvalue weighted by molar-refractivity contribution is -0.125. The number of hydrogen-bond acceptors (Lipinski definition) is 3. The topological polar surface area (TPSA) is 64.4 Å². The van der Waals surface area contributed by atoms with Crippen LogP contribution in [0, 0.1) is 5.92 Å². The van der Waals surface area contributed by atoms with Crippen molar-refractivity contribution in [1.29, 1.82) is 0 Å². The van der Waals surface area contributed by atoms with Crippen LogP contribution in [0.3, 0.4) is 0 Å². The Bertz CT molecular complexity index is 215. The molecule has 1 aliphatic rings. The molecule has 88 valence electrons. The molecule has 0 aromatic rings. The second-order valence-corrected chi connectivity index (χ2v) is 4.45. The maximum absolute atomic E-state index is 11.7. The summed E-state index contributed by atoms with van der Waals surface area (Å²) in [4.78, 5) is 11.7. The number of ether oxygens (including phenoxy) is 1. The minimum Gasteiger partial charge on any atom is -0.381 e.